The maximum atomic E-state index is 15.4. The van der Waals surface area contributed by atoms with E-state index >= 15 is 9.59 Å². The molecule has 0 spiro atoms. The van der Waals surface area contributed by atoms with Gasteiger partial charge in [-0.3, -0.25) is 14.4 Å². The van der Waals surface area contributed by atoms with Gasteiger partial charge >= 0.3 is 0 Å². The average Bonchev–Trinajstić information content (AvgIpc) is 3.28. The Morgan fingerprint density at radius 2 is 1.25 bits per heavy atom. The van der Waals surface area contributed by atoms with Crippen molar-refractivity contribution in [2.75, 3.05) is 11.9 Å². The second-order valence-corrected chi connectivity index (χ2v) is 19.4. The Hall–Kier alpha value is -5.65. The van der Waals surface area contributed by atoms with E-state index in [2.05, 4.69) is 19.2 Å². The molecule has 10 nitrogen and oxygen atoms in total. The fraction of sp³-hybridized carbons (Fsp3) is 0.365. The molecular formula is C52H61ClN2O8S. The third kappa shape index (κ3) is 12.8. The molecule has 3 N–H and O–H groups in total. The summed E-state index contributed by atoms with van der Waals surface area (Å²) < 4.78 is 47.0. The number of carbonyl (C=O) groups excluding carboxylic acids is 3. The molecule has 0 saturated carbocycles. The Balaban J connectivity index is 1.63. The zero-order chi connectivity index (χ0) is 46.3. The first kappa shape index (κ1) is 49.4. The summed E-state index contributed by atoms with van der Waals surface area (Å²) in [5.74, 6) is -0.895. The van der Waals surface area contributed by atoms with Gasteiger partial charge < -0.3 is 25.3 Å². The number of hydrogen-bond donors (Lipinski definition) is 2. The highest BCUT2D eigenvalue weighted by atomic mass is 35.5. The van der Waals surface area contributed by atoms with Crippen molar-refractivity contribution >= 4 is 44.7 Å². The van der Waals surface area contributed by atoms with Crippen LogP contribution in [0.5, 0.6) is 17.2 Å². The number of halogens is 1. The summed E-state index contributed by atoms with van der Waals surface area (Å²) >= 11 is 6.22. The van der Waals surface area contributed by atoms with E-state index in [1.165, 1.54) is 36.4 Å². The van der Waals surface area contributed by atoms with Crippen LogP contribution in [-0.4, -0.2) is 38.0 Å². The number of benzene rings is 5. The van der Waals surface area contributed by atoms with Gasteiger partial charge in [-0.1, -0.05) is 115 Å². The molecule has 5 rings (SSSR count). The third-order valence-electron chi connectivity index (χ3n) is 10.8. The lowest BCUT2D eigenvalue weighted by Crippen LogP contribution is -2.56. The van der Waals surface area contributed by atoms with Crippen molar-refractivity contribution < 1.29 is 37.0 Å². The molecular weight excluding hydrogens is 848 g/mol. The number of ether oxygens (including phenoxy) is 3. The number of ketones is 1. The van der Waals surface area contributed by atoms with E-state index in [0.717, 1.165) is 55.2 Å². The second kappa shape index (κ2) is 22.8. The number of alkyl halides is 1. The Morgan fingerprint density at radius 1 is 0.703 bits per heavy atom. The van der Waals surface area contributed by atoms with Crippen LogP contribution in [0.15, 0.2) is 131 Å². The van der Waals surface area contributed by atoms with Crippen LogP contribution in [0.1, 0.15) is 102 Å². The van der Waals surface area contributed by atoms with Gasteiger partial charge in [-0.15, -0.1) is 11.6 Å². The van der Waals surface area contributed by atoms with E-state index in [0.29, 0.717) is 42.2 Å². The van der Waals surface area contributed by atoms with E-state index in [1.807, 2.05) is 42.5 Å². The number of unbranched alkanes of at least 4 members (excludes halogenated alkanes) is 4. The Labute approximate surface area is 383 Å². The van der Waals surface area contributed by atoms with Gasteiger partial charge in [-0.05, 0) is 109 Å². The summed E-state index contributed by atoms with van der Waals surface area (Å²) in [6.45, 7) is 9.80. The molecule has 0 bridgehead atoms. The zero-order valence-electron chi connectivity index (χ0n) is 37.5. The predicted molar refractivity (Wildman–Crippen MR) is 253 cm³/mol. The van der Waals surface area contributed by atoms with Gasteiger partial charge in [0.15, 0.2) is 5.78 Å². The molecule has 0 aliphatic heterocycles. The van der Waals surface area contributed by atoms with Gasteiger partial charge in [-0.2, -0.15) is 0 Å². The highest BCUT2D eigenvalue weighted by Gasteiger charge is 2.55. The standard InChI is InChI=1S/C52H61ClN2O8S/c1-6-8-12-20-38-34-39(21-13-9-7-2)47(61-33-32-46(53)48(54)56)35-45(38)52(49(57)51(3,4)5,50(58)55-40-22-16-11-17-23-40)63-42-26-30-44(31-27-42)64(59,60)43-28-24-41(25-29-43)62-36-37-18-14-10-15-19-37/h10-11,14-19,22-31,34-35,46H,6-9,12-13,20-21,32-33,36H2,1-5H3,(H2,54,56)(H,55,58). The highest BCUT2D eigenvalue weighted by Crippen LogP contribution is 2.42. The third-order valence-corrected chi connectivity index (χ3v) is 13.1. The Bertz CT molecular complexity index is 2420. The number of anilines is 1. The van der Waals surface area contributed by atoms with E-state index < -0.39 is 43.8 Å². The van der Waals surface area contributed by atoms with Gasteiger partial charge in [0.05, 0.1) is 16.4 Å². The van der Waals surface area contributed by atoms with Crippen LogP contribution >= 0.6 is 11.6 Å². The number of para-hydroxylation sites is 1. The number of hydrogen-bond acceptors (Lipinski definition) is 8. The van der Waals surface area contributed by atoms with Crippen LogP contribution < -0.4 is 25.3 Å². The van der Waals surface area contributed by atoms with Gasteiger partial charge in [0, 0.05) is 23.1 Å². The summed E-state index contributed by atoms with van der Waals surface area (Å²) in [6, 6.07) is 34.2. The number of rotatable bonds is 24. The molecule has 5 aromatic rings. The fourth-order valence-corrected chi connectivity index (χ4v) is 8.66. The lowest BCUT2D eigenvalue weighted by atomic mass is 9.73. The summed E-state index contributed by atoms with van der Waals surface area (Å²) in [6.07, 6.45) is 6.81. The number of Topliss-reactive ketones (excluding diaryl/α,β-unsaturated/α-hetero) is 1. The van der Waals surface area contributed by atoms with E-state index in [4.69, 9.17) is 31.5 Å². The number of nitrogens with one attached hydrogen (secondary N) is 1. The van der Waals surface area contributed by atoms with Crippen molar-refractivity contribution in [2.45, 2.75) is 120 Å². The van der Waals surface area contributed by atoms with Crippen molar-refractivity contribution in [3.05, 3.63) is 144 Å². The first-order chi connectivity index (χ1) is 30.6. The van der Waals surface area contributed by atoms with E-state index in [-0.39, 0.29) is 28.6 Å². The maximum Gasteiger partial charge on any atom is 0.281 e. The molecule has 0 radical (unpaired) electrons. The largest absolute Gasteiger partial charge is 0.493 e. The summed E-state index contributed by atoms with van der Waals surface area (Å²) in [7, 11) is -4.00. The predicted octanol–water partition coefficient (Wildman–Crippen LogP) is 11.0. The SMILES string of the molecule is CCCCCc1cc(CCCCC)c(C(Oc2ccc(S(=O)(=O)c3ccc(OCc4ccccc4)cc3)cc2)(C(=O)Nc2ccccc2)C(=O)C(C)(C)C)cc1OCCC(Cl)C(N)=O. The monoisotopic (exact) mass is 908 g/mol. The average molecular weight is 910 g/mol. The number of amides is 2. The first-order valence-corrected chi connectivity index (χ1v) is 24.0. The molecule has 0 aliphatic rings. The van der Waals surface area contributed by atoms with Crippen molar-refractivity contribution in [2.24, 2.45) is 11.1 Å². The number of sulfone groups is 1. The van der Waals surface area contributed by atoms with Gasteiger partial charge in [-0.25, -0.2) is 8.42 Å². The molecule has 2 unspecified atom stereocenters. The molecule has 2 amide bonds. The summed E-state index contributed by atoms with van der Waals surface area (Å²) in [4.78, 5) is 42.5. The molecule has 340 valence electrons. The second-order valence-electron chi connectivity index (χ2n) is 16.9. The van der Waals surface area contributed by atoms with E-state index in [9.17, 15) is 13.2 Å². The van der Waals surface area contributed by atoms with Gasteiger partial charge in [0.25, 0.3) is 11.5 Å². The number of primary amides is 1. The minimum absolute atomic E-state index is 0.0137. The molecule has 2 atom stereocenters. The topological polar surface area (TPSA) is 151 Å². The molecule has 0 heterocycles. The van der Waals surface area contributed by atoms with Crippen LogP contribution in [0.25, 0.3) is 0 Å². The molecule has 0 saturated heterocycles. The van der Waals surface area contributed by atoms with Crippen molar-refractivity contribution in [3.63, 3.8) is 0 Å². The van der Waals surface area contributed by atoms with Gasteiger partial charge in [0.2, 0.25) is 15.7 Å². The number of carbonyl (C=O) groups is 3. The number of aryl methyl sites for hydroxylation is 2. The van der Waals surface area contributed by atoms with Gasteiger partial charge in [0.1, 0.15) is 29.2 Å². The summed E-state index contributed by atoms with van der Waals surface area (Å²) in [5.41, 5.74) is 5.38. The van der Waals surface area contributed by atoms with Crippen LogP contribution in [0.4, 0.5) is 5.69 Å². The Morgan fingerprint density at radius 3 is 1.80 bits per heavy atom. The number of nitrogens with two attached hydrogens (primary N) is 1. The fourth-order valence-electron chi connectivity index (χ4n) is 7.31. The van der Waals surface area contributed by atoms with E-state index in [1.54, 1.807) is 63.2 Å². The van der Waals surface area contributed by atoms with Crippen molar-refractivity contribution in [3.8, 4) is 17.2 Å². The highest BCUT2D eigenvalue weighted by molar-refractivity contribution is 7.91. The molecule has 64 heavy (non-hydrogen) atoms. The normalized spacial score (nSPS) is 13.0. The minimum atomic E-state index is -4.00. The van der Waals surface area contributed by atoms with Crippen LogP contribution in [0, 0.1) is 5.41 Å². The van der Waals surface area contributed by atoms with Crippen LogP contribution in [-0.2, 0) is 49.3 Å². The lowest BCUT2D eigenvalue weighted by Gasteiger charge is -2.38. The summed E-state index contributed by atoms with van der Waals surface area (Å²) in [5, 5.41) is 2.02. The molecule has 12 heteroatoms. The molecule has 0 fully saturated rings. The zero-order valence-corrected chi connectivity index (χ0v) is 39.1. The quantitative estimate of drug-likeness (QED) is 0.0353. The molecule has 0 aromatic heterocycles. The molecule has 0 aliphatic carbocycles. The van der Waals surface area contributed by atoms with Crippen LogP contribution in [0.3, 0.4) is 0 Å². The van der Waals surface area contributed by atoms with Crippen molar-refractivity contribution in [1.82, 2.24) is 0 Å². The molecule has 5 aromatic carbocycles. The van der Waals surface area contributed by atoms with Crippen LogP contribution in [0.2, 0.25) is 0 Å². The Kier molecular flexibility index (Phi) is 17.6. The first-order valence-electron chi connectivity index (χ1n) is 22.0. The van der Waals surface area contributed by atoms with Crippen molar-refractivity contribution in [1.29, 1.82) is 0 Å². The minimum Gasteiger partial charge on any atom is -0.493 e. The smallest absolute Gasteiger partial charge is 0.281 e. The maximum absolute atomic E-state index is 15.4. The lowest BCUT2D eigenvalue weighted by molar-refractivity contribution is -0.152.